The maximum absolute atomic E-state index is 6.18. The number of hydrogen-bond donors (Lipinski definition) is 1. The molecule has 2 aromatic carbocycles. The summed E-state index contributed by atoms with van der Waals surface area (Å²) in [6.45, 7) is 2.26. The van der Waals surface area contributed by atoms with E-state index in [2.05, 4.69) is 48.6 Å². The van der Waals surface area contributed by atoms with Crippen LogP contribution >= 0.6 is 11.6 Å². The predicted molar refractivity (Wildman–Crippen MR) is 73.9 cm³/mol. The molecule has 2 aliphatic rings. The average molecular weight is 256 g/mol. The molecule has 1 nitrogen and oxygen atoms in total. The third kappa shape index (κ3) is 1.21. The molecular weight excluding hydrogens is 242 g/mol. The molecule has 18 heavy (non-hydrogen) atoms. The second-order valence-corrected chi connectivity index (χ2v) is 5.85. The Morgan fingerprint density at radius 3 is 2.89 bits per heavy atom. The summed E-state index contributed by atoms with van der Waals surface area (Å²) >= 11 is 6.18. The van der Waals surface area contributed by atoms with Crippen LogP contribution in [0.25, 0.3) is 0 Å². The molecule has 0 aromatic heterocycles. The zero-order chi connectivity index (χ0) is 12.3. The summed E-state index contributed by atoms with van der Waals surface area (Å²) in [5, 5.41) is 4.58. The first kappa shape index (κ1) is 10.6. The molecular formula is C16H14ClN. The van der Waals surface area contributed by atoms with E-state index in [1.807, 2.05) is 6.07 Å². The van der Waals surface area contributed by atoms with Gasteiger partial charge in [-0.3, -0.25) is 5.32 Å². The van der Waals surface area contributed by atoms with Crippen LogP contribution in [0.3, 0.4) is 0 Å². The second kappa shape index (κ2) is 3.37. The molecule has 2 heterocycles. The van der Waals surface area contributed by atoms with Gasteiger partial charge in [-0.1, -0.05) is 41.9 Å². The van der Waals surface area contributed by atoms with Crippen molar-refractivity contribution in [2.75, 3.05) is 0 Å². The van der Waals surface area contributed by atoms with E-state index in [-0.39, 0.29) is 5.54 Å². The molecule has 2 atom stereocenters. The fraction of sp³-hybridized carbons (Fsp3) is 0.250. The second-order valence-electron chi connectivity index (χ2n) is 5.41. The van der Waals surface area contributed by atoms with Crippen molar-refractivity contribution in [2.24, 2.45) is 0 Å². The number of halogens is 1. The van der Waals surface area contributed by atoms with Gasteiger partial charge >= 0.3 is 0 Å². The van der Waals surface area contributed by atoms with Crippen molar-refractivity contribution in [2.45, 2.75) is 24.9 Å². The third-order valence-corrected chi connectivity index (χ3v) is 4.61. The predicted octanol–water partition coefficient (Wildman–Crippen LogP) is 3.80. The smallest absolute Gasteiger partial charge is 0.0673 e. The molecule has 1 N–H and O–H groups in total. The molecule has 2 aliphatic heterocycles. The van der Waals surface area contributed by atoms with E-state index in [1.54, 1.807) is 0 Å². The van der Waals surface area contributed by atoms with Crippen LogP contribution in [0.4, 0.5) is 0 Å². The van der Waals surface area contributed by atoms with E-state index in [4.69, 9.17) is 11.6 Å². The Hall–Kier alpha value is -1.31. The lowest BCUT2D eigenvalue weighted by Gasteiger charge is -2.34. The minimum atomic E-state index is -0.0836. The molecule has 0 radical (unpaired) electrons. The van der Waals surface area contributed by atoms with Gasteiger partial charge in [0.15, 0.2) is 0 Å². The first-order chi connectivity index (χ1) is 8.68. The Morgan fingerprint density at radius 2 is 2.00 bits per heavy atom. The molecule has 0 saturated carbocycles. The monoisotopic (exact) mass is 255 g/mol. The van der Waals surface area contributed by atoms with E-state index >= 15 is 0 Å². The zero-order valence-electron chi connectivity index (χ0n) is 10.2. The first-order valence-corrected chi connectivity index (χ1v) is 6.72. The molecule has 2 heteroatoms. The Kier molecular flexibility index (Phi) is 1.98. The van der Waals surface area contributed by atoms with Crippen LogP contribution in [0.1, 0.15) is 35.2 Å². The molecule has 2 aromatic rings. The molecule has 90 valence electrons. The Bertz CT molecular complexity index is 649. The largest absolute Gasteiger partial charge is 0.297 e. The molecule has 0 aliphatic carbocycles. The summed E-state index contributed by atoms with van der Waals surface area (Å²) in [5.41, 5.74) is 5.50. The fourth-order valence-corrected chi connectivity index (χ4v) is 3.73. The summed E-state index contributed by atoms with van der Waals surface area (Å²) < 4.78 is 0. The Balaban J connectivity index is 2.04. The van der Waals surface area contributed by atoms with Crippen molar-refractivity contribution >= 4 is 11.6 Å². The van der Waals surface area contributed by atoms with Gasteiger partial charge in [-0.05, 0) is 47.7 Å². The van der Waals surface area contributed by atoms with Gasteiger partial charge in [-0.2, -0.15) is 0 Å². The molecule has 2 bridgehead atoms. The highest BCUT2D eigenvalue weighted by molar-refractivity contribution is 6.30. The Morgan fingerprint density at radius 1 is 1.17 bits per heavy atom. The van der Waals surface area contributed by atoms with Crippen molar-refractivity contribution in [1.29, 1.82) is 0 Å². The molecule has 4 rings (SSSR count). The SMILES string of the molecule is C[C@@]12N[C@@H](Cc3ccccc31)c1ccc(Cl)cc12. The quantitative estimate of drug-likeness (QED) is 0.755. The minimum Gasteiger partial charge on any atom is -0.297 e. The van der Waals surface area contributed by atoms with Gasteiger partial charge in [0.05, 0.1) is 5.54 Å². The van der Waals surface area contributed by atoms with Crippen molar-refractivity contribution in [3.05, 3.63) is 69.7 Å². The van der Waals surface area contributed by atoms with Gasteiger partial charge in [-0.15, -0.1) is 0 Å². The average Bonchev–Trinajstić information content (AvgIpc) is 2.59. The van der Waals surface area contributed by atoms with E-state index in [0.717, 1.165) is 11.4 Å². The lowest BCUT2D eigenvalue weighted by molar-refractivity contribution is 0.389. The van der Waals surface area contributed by atoms with Gasteiger partial charge in [0.1, 0.15) is 0 Å². The summed E-state index contributed by atoms with van der Waals surface area (Å²) in [5.74, 6) is 0. The van der Waals surface area contributed by atoms with Crippen LogP contribution in [-0.2, 0) is 12.0 Å². The lowest BCUT2D eigenvalue weighted by Crippen LogP contribution is -2.41. The summed E-state index contributed by atoms with van der Waals surface area (Å²) in [6, 6.07) is 15.4. The van der Waals surface area contributed by atoms with Crippen molar-refractivity contribution in [3.63, 3.8) is 0 Å². The van der Waals surface area contributed by atoms with Crippen LogP contribution in [0, 0.1) is 0 Å². The summed E-state index contributed by atoms with van der Waals surface area (Å²) in [4.78, 5) is 0. The number of benzene rings is 2. The highest BCUT2D eigenvalue weighted by Gasteiger charge is 2.45. The molecule has 0 amide bonds. The number of fused-ring (bicyclic) bond motifs is 7. The van der Waals surface area contributed by atoms with E-state index in [9.17, 15) is 0 Å². The number of nitrogens with one attached hydrogen (secondary N) is 1. The van der Waals surface area contributed by atoms with E-state index in [0.29, 0.717) is 6.04 Å². The van der Waals surface area contributed by atoms with Crippen LogP contribution in [0.2, 0.25) is 5.02 Å². The number of rotatable bonds is 0. The summed E-state index contributed by atoms with van der Waals surface area (Å²) in [7, 11) is 0. The normalized spacial score (nSPS) is 27.8. The van der Waals surface area contributed by atoms with Gasteiger partial charge in [0.25, 0.3) is 0 Å². The lowest BCUT2D eigenvalue weighted by atomic mass is 9.82. The maximum atomic E-state index is 6.18. The Labute approximate surface area is 112 Å². The zero-order valence-corrected chi connectivity index (χ0v) is 11.0. The third-order valence-electron chi connectivity index (χ3n) is 4.37. The van der Waals surface area contributed by atoms with Gasteiger partial charge in [-0.25, -0.2) is 0 Å². The van der Waals surface area contributed by atoms with Crippen LogP contribution in [0.15, 0.2) is 42.5 Å². The maximum Gasteiger partial charge on any atom is 0.0673 e. The van der Waals surface area contributed by atoms with Gasteiger partial charge < -0.3 is 0 Å². The molecule has 0 unspecified atom stereocenters. The van der Waals surface area contributed by atoms with Crippen molar-refractivity contribution < 1.29 is 0 Å². The van der Waals surface area contributed by atoms with Crippen LogP contribution in [-0.4, -0.2) is 0 Å². The molecule has 0 saturated heterocycles. The van der Waals surface area contributed by atoms with Gasteiger partial charge in [0.2, 0.25) is 0 Å². The topological polar surface area (TPSA) is 12.0 Å². The van der Waals surface area contributed by atoms with Gasteiger partial charge in [0, 0.05) is 11.1 Å². The summed E-state index contributed by atoms with van der Waals surface area (Å²) in [6.07, 6.45) is 1.07. The minimum absolute atomic E-state index is 0.0836. The number of hydrogen-bond acceptors (Lipinski definition) is 1. The van der Waals surface area contributed by atoms with Crippen molar-refractivity contribution in [3.8, 4) is 0 Å². The highest BCUT2D eigenvalue weighted by Crippen LogP contribution is 2.48. The standard InChI is InChI=1S/C16H14ClN/c1-16-13-5-3-2-4-10(13)8-15(18-16)12-7-6-11(17)9-14(12)16/h2-7,9,15,18H,8H2,1H3/t15-,16+/m0/s1. The van der Waals surface area contributed by atoms with Crippen molar-refractivity contribution in [1.82, 2.24) is 5.32 Å². The fourth-order valence-electron chi connectivity index (χ4n) is 3.56. The van der Waals surface area contributed by atoms with Crippen LogP contribution < -0.4 is 5.32 Å². The first-order valence-electron chi connectivity index (χ1n) is 6.34. The molecule has 0 fully saturated rings. The molecule has 0 spiro atoms. The highest BCUT2D eigenvalue weighted by atomic mass is 35.5. The van der Waals surface area contributed by atoms with E-state index in [1.165, 1.54) is 22.3 Å². The van der Waals surface area contributed by atoms with Crippen LogP contribution in [0.5, 0.6) is 0 Å². The van der Waals surface area contributed by atoms with E-state index < -0.39 is 0 Å².